The lowest BCUT2D eigenvalue weighted by Crippen LogP contribution is -2.36. The summed E-state index contributed by atoms with van der Waals surface area (Å²) in [5.41, 5.74) is 1.80. The van der Waals surface area contributed by atoms with Crippen molar-refractivity contribution in [1.29, 1.82) is 0 Å². The van der Waals surface area contributed by atoms with Crippen molar-refractivity contribution in [2.75, 3.05) is 20.1 Å². The highest BCUT2D eigenvalue weighted by Gasteiger charge is 2.11. The number of hydrogen-bond acceptors (Lipinski definition) is 2. The highest BCUT2D eigenvalue weighted by atomic mass is 19.1. The Labute approximate surface area is 137 Å². The van der Waals surface area contributed by atoms with E-state index >= 15 is 0 Å². The standard InChI is InChI=1S/C19H23FN2O/c1-15(16-8-4-3-5-9-16)12-21-19(23)14-22(2)13-17-10-6-7-11-18(17)20/h3-11,15H,12-14H2,1-2H3,(H,21,23). The summed E-state index contributed by atoms with van der Waals surface area (Å²) in [6.07, 6.45) is 0. The van der Waals surface area contributed by atoms with Gasteiger partial charge < -0.3 is 5.32 Å². The van der Waals surface area contributed by atoms with Crippen molar-refractivity contribution in [3.05, 3.63) is 71.5 Å². The number of nitrogens with zero attached hydrogens (tertiary/aromatic N) is 1. The molecule has 0 aromatic heterocycles. The van der Waals surface area contributed by atoms with Crippen LogP contribution in [0.1, 0.15) is 24.0 Å². The maximum atomic E-state index is 13.6. The molecule has 2 aromatic carbocycles. The Balaban J connectivity index is 1.77. The zero-order valence-corrected chi connectivity index (χ0v) is 13.6. The van der Waals surface area contributed by atoms with Gasteiger partial charge in [0, 0.05) is 18.7 Å². The molecule has 1 N–H and O–H groups in total. The molecule has 0 aliphatic heterocycles. The van der Waals surface area contributed by atoms with Gasteiger partial charge in [-0.25, -0.2) is 4.39 Å². The monoisotopic (exact) mass is 314 g/mol. The van der Waals surface area contributed by atoms with Crippen LogP contribution in [0.3, 0.4) is 0 Å². The topological polar surface area (TPSA) is 32.3 Å². The molecule has 0 heterocycles. The van der Waals surface area contributed by atoms with Gasteiger partial charge in [0.15, 0.2) is 0 Å². The molecule has 0 saturated heterocycles. The van der Waals surface area contributed by atoms with Gasteiger partial charge in [0.05, 0.1) is 6.54 Å². The van der Waals surface area contributed by atoms with Crippen LogP contribution in [0.4, 0.5) is 4.39 Å². The van der Waals surface area contributed by atoms with Gasteiger partial charge in [-0.2, -0.15) is 0 Å². The zero-order chi connectivity index (χ0) is 16.7. The predicted molar refractivity (Wildman–Crippen MR) is 90.6 cm³/mol. The third kappa shape index (κ3) is 5.49. The number of hydrogen-bond donors (Lipinski definition) is 1. The first-order valence-electron chi connectivity index (χ1n) is 7.80. The molecule has 0 aliphatic rings. The highest BCUT2D eigenvalue weighted by molar-refractivity contribution is 5.78. The average molecular weight is 314 g/mol. The van der Waals surface area contributed by atoms with Crippen LogP contribution in [0.15, 0.2) is 54.6 Å². The highest BCUT2D eigenvalue weighted by Crippen LogP contribution is 2.13. The van der Waals surface area contributed by atoms with Crippen molar-refractivity contribution >= 4 is 5.91 Å². The number of nitrogens with one attached hydrogen (secondary N) is 1. The molecule has 4 heteroatoms. The Morgan fingerprint density at radius 3 is 2.48 bits per heavy atom. The molecule has 3 nitrogen and oxygen atoms in total. The summed E-state index contributed by atoms with van der Waals surface area (Å²) in [6.45, 7) is 3.33. The second-order valence-electron chi connectivity index (χ2n) is 5.88. The van der Waals surface area contributed by atoms with E-state index in [-0.39, 0.29) is 24.2 Å². The van der Waals surface area contributed by atoms with Crippen molar-refractivity contribution in [2.45, 2.75) is 19.4 Å². The van der Waals surface area contributed by atoms with Crippen molar-refractivity contribution < 1.29 is 9.18 Å². The number of halogens is 1. The van der Waals surface area contributed by atoms with Crippen LogP contribution < -0.4 is 5.32 Å². The number of rotatable bonds is 7. The van der Waals surface area contributed by atoms with Crippen molar-refractivity contribution in [1.82, 2.24) is 10.2 Å². The minimum atomic E-state index is -0.238. The Kier molecular flexibility index (Phi) is 6.29. The van der Waals surface area contributed by atoms with Gasteiger partial charge in [-0.05, 0) is 24.6 Å². The number of amides is 1. The van der Waals surface area contributed by atoms with Crippen molar-refractivity contribution in [3.63, 3.8) is 0 Å². The van der Waals surface area contributed by atoms with Crippen LogP contribution in [0, 0.1) is 5.82 Å². The summed E-state index contributed by atoms with van der Waals surface area (Å²) in [5, 5.41) is 2.94. The fourth-order valence-corrected chi connectivity index (χ4v) is 2.44. The molecule has 1 atom stereocenters. The molecule has 0 bridgehead atoms. The second kappa shape index (κ2) is 8.44. The third-order valence-electron chi connectivity index (χ3n) is 3.79. The molecule has 0 saturated carbocycles. The fourth-order valence-electron chi connectivity index (χ4n) is 2.44. The maximum absolute atomic E-state index is 13.6. The minimum Gasteiger partial charge on any atom is -0.354 e. The van der Waals surface area contributed by atoms with Gasteiger partial charge in [0.1, 0.15) is 5.82 Å². The van der Waals surface area contributed by atoms with Crippen molar-refractivity contribution in [2.24, 2.45) is 0 Å². The first kappa shape index (κ1) is 17.2. The minimum absolute atomic E-state index is 0.0494. The Bertz CT molecular complexity index is 630. The smallest absolute Gasteiger partial charge is 0.234 e. The fraction of sp³-hybridized carbons (Fsp3) is 0.316. The number of benzene rings is 2. The molecule has 1 unspecified atom stereocenters. The van der Waals surface area contributed by atoms with Crippen molar-refractivity contribution in [3.8, 4) is 0 Å². The summed E-state index contributed by atoms with van der Waals surface area (Å²) in [7, 11) is 1.81. The number of carbonyl (C=O) groups is 1. The van der Waals surface area contributed by atoms with Gasteiger partial charge in [-0.15, -0.1) is 0 Å². The van der Waals surface area contributed by atoms with Crippen LogP contribution in [-0.4, -0.2) is 30.9 Å². The largest absolute Gasteiger partial charge is 0.354 e. The summed E-state index contributed by atoms with van der Waals surface area (Å²) < 4.78 is 13.6. The Morgan fingerprint density at radius 1 is 1.13 bits per heavy atom. The van der Waals surface area contributed by atoms with Crippen LogP contribution in [0.25, 0.3) is 0 Å². The van der Waals surface area contributed by atoms with Crippen LogP contribution in [0.5, 0.6) is 0 Å². The first-order valence-corrected chi connectivity index (χ1v) is 7.80. The van der Waals surface area contributed by atoms with E-state index in [4.69, 9.17) is 0 Å². The van der Waals surface area contributed by atoms with E-state index in [1.54, 1.807) is 23.1 Å². The van der Waals surface area contributed by atoms with E-state index in [1.165, 1.54) is 11.6 Å². The van der Waals surface area contributed by atoms with E-state index in [1.807, 2.05) is 25.2 Å². The molecule has 0 radical (unpaired) electrons. The number of likely N-dealkylation sites (N-methyl/N-ethyl adjacent to an activating group) is 1. The summed E-state index contributed by atoms with van der Waals surface area (Å²) in [5.74, 6) is -0.0268. The molecule has 0 spiro atoms. The van der Waals surface area contributed by atoms with E-state index in [0.29, 0.717) is 18.7 Å². The molecule has 122 valence electrons. The van der Waals surface area contributed by atoms with E-state index in [2.05, 4.69) is 24.4 Å². The molecule has 0 fully saturated rings. The van der Waals surface area contributed by atoms with E-state index < -0.39 is 0 Å². The lowest BCUT2D eigenvalue weighted by atomic mass is 10.0. The summed E-state index contributed by atoms with van der Waals surface area (Å²) in [4.78, 5) is 13.8. The predicted octanol–water partition coefficient (Wildman–Crippen LogP) is 3.18. The molecule has 2 rings (SSSR count). The second-order valence-corrected chi connectivity index (χ2v) is 5.88. The quantitative estimate of drug-likeness (QED) is 0.851. The molecular formula is C19H23FN2O. The van der Waals surface area contributed by atoms with Gasteiger partial charge in [0.2, 0.25) is 5.91 Å². The van der Waals surface area contributed by atoms with Gasteiger partial charge in [-0.3, -0.25) is 9.69 Å². The third-order valence-corrected chi connectivity index (χ3v) is 3.79. The van der Waals surface area contributed by atoms with Gasteiger partial charge >= 0.3 is 0 Å². The first-order chi connectivity index (χ1) is 11.1. The van der Waals surface area contributed by atoms with Crippen LogP contribution in [-0.2, 0) is 11.3 Å². The number of carbonyl (C=O) groups excluding carboxylic acids is 1. The molecule has 2 aromatic rings. The average Bonchev–Trinajstić information content (AvgIpc) is 2.55. The van der Waals surface area contributed by atoms with Gasteiger partial charge in [-0.1, -0.05) is 55.5 Å². The summed E-state index contributed by atoms with van der Waals surface area (Å²) in [6, 6.07) is 16.7. The molecular weight excluding hydrogens is 291 g/mol. The van der Waals surface area contributed by atoms with Crippen LogP contribution >= 0.6 is 0 Å². The maximum Gasteiger partial charge on any atom is 0.234 e. The SMILES string of the molecule is CC(CNC(=O)CN(C)Cc1ccccc1F)c1ccccc1. The lowest BCUT2D eigenvalue weighted by Gasteiger charge is -2.18. The Hall–Kier alpha value is -2.20. The van der Waals surface area contributed by atoms with Crippen LogP contribution in [0.2, 0.25) is 0 Å². The zero-order valence-electron chi connectivity index (χ0n) is 13.6. The van der Waals surface area contributed by atoms with Gasteiger partial charge in [0.25, 0.3) is 0 Å². The molecule has 23 heavy (non-hydrogen) atoms. The summed E-state index contributed by atoms with van der Waals surface area (Å²) >= 11 is 0. The van der Waals surface area contributed by atoms with E-state index in [0.717, 1.165) is 0 Å². The normalized spacial score (nSPS) is 12.2. The van der Waals surface area contributed by atoms with E-state index in [9.17, 15) is 9.18 Å². The molecule has 0 aliphatic carbocycles. The molecule has 1 amide bonds. The Morgan fingerprint density at radius 2 is 1.78 bits per heavy atom. The lowest BCUT2D eigenvalue weighted by molar-refractivity contribution is -0.122.